The molecule has 0 aliphatic heterocycles. The maximum atomic E-state index is 10.1. The summed E-state index contributed by atoms with van der Waals surface area (Å²) in [6.45, 7) is 0.744. The molecular formula is C10H21NO2. The van der Waals surface area contributed by atoms with Crippen molar-refractivity contribution in [2.75, 3.05) is 13.7 Å². The van der Waals surface area contributed by atoms with Crippen molar-refractivity contribution in [3.8, 4) is 0 Å². The molecule has 0 saturated heterocycles. The van der Waals surface area contributed by atoms with Crippen molar-refractivity contribution in [3.05, 3.63) is 0 Å². The summed E-state index contributed by atoms with van der Waals surface area (Å²) < 4.78 is 4.96. The molecule has 3 N–H and O–H groups in total. The summed E-state index contributed by atoms with van der Waals surface area (Å²) in [7, 11) is 1.70. The standard InChI is InChI=1S/C10H21NO2/c1-13-8-2-5-10(12)6-3-9(11)4-7-10/h9,12H,2-8,11H2,1H3. The van der Waals surface area contributed by atoms with Gasteiger partial charge in [-0.15, -0.1) is 0 Å². The van der Waals surface area contributed by atoms with E-state index in [0.717, 1.165) is 45.1 Å². The minimum atomic E-state index is -0.450. The van der Waals surface area contributed by atoms with Crippen LogP contribution in [0, 0.1) is 0 Å². The van der Waals surface area contributed by atoms with Gasteiger partial charge >= 0.3 is 0 Å². The van der Waals surface area contributed by atoms with E-state index in [4.69, 9.17) is 10.5 Å². The van der Waals surface area contributed by atoms with E-state index in [1.807, 2.05) is 0 Å². The highest BCUT2D eigenvalue weighted by molar-refractivity contribution is 4.86. The summed E-state index contributed by atoms with van der Waals surface area (Å²) in [4.78, 5) is 0. The number of hydrogen-bond donors (Lipinski definition) is 2. The summed E-state index contributed by atoms with van der Waals surface area (Å²) >= 11 is 0. The molecule has 1 fully saturated rings. The van der Waals surface area contributed by atoms with Crippen molar-refractivity contribution in [1.29, 1.82) is 0 Å². The van der Waals surface area contributed by atoms with Crippen LogP contribution in [0.15, 0.2) is 0 Å². The Balaban J connectivity index is 2.22. The number of hydrogen-bond acceptors (Lipinski definition) is 3. The van der Waals surface area contributed by atoms with Gasteiger partial charge in [-0.3, -0.25) is 0 Å². The molecule has 0 atom stereocenters. The van der Waals surface area contributed by atoms with Gasteiger partial charge in [-0.1, -0.05) is 0 Å². The highest BCUT2D eigenvalue weighted by Gasteiger charge is 2.31. The molecule has 0 aromatic carbocycles. The maximum Gasteiger partial charge on any atom is 0.0649 e. The maximum absolute atomic E-state index is 10.1. The molecule has 0 amide bonds. The van der Waals surface area contributed by atoms with Gasteiger partial charge in [0.15, 0.2) is 0 Å². The first-order chi connectivity index (χ1) is 6.16. The van der Waals surface area contributed by atoms with Crippen LogP contribution in [0.25, 0.3) is 0 Å². The molecule has 3 nitrogen and oxygen atoms in total. The van der Waals surface area contributed by atoms with E-state index >= 15 is 0 Å². The first-order valence-electron chi connectivity index (χ1n) is 5.13. The molecule has 0 bridgehead atoms. The lowest BCUT2D eigenvalue weighted by Gasteiger charge is -2.34. The Bertz CT molecular complexity index is 142. The third kappa shape index (κ3) is 3.63. The second kappa shape index (κ2) is 4.94. The fourth-order valence-corrected chi connectivity index (χ4v) is 1.97. The van der Waals surface area contributed by atoms with Crippen molar-refractivity contribution >= 4 is 0 Å². The average molecular weight is 187 g/mol. The molecule has 0 spiro atoms. The van der Waals surface area contributed by atoms with Crippen LogP contribution in [0.2, 0.25) is 0 Å². The highest BCUT2D eigenvalue weighted by atomic mass is 16.5. The molecule has 0 aromatic heterocycles. The second-order valence-electron chi connectivity index (χ2n) is 4.16. The lowest BCUT2D eigenvalue weighted by Crippen LogP contribution is -2.38. The molecule has 78 valence electrons. The molecule has 3 heteroatoms. The summed E-state index contributed by atoms with van der Waals surface area (Å²) in [5, 5.41) is 10.1. The third-order valence-electron chi connectivity index (χ3n) is 2.95. The van der Waals surface area contributed by atoms with Crippen molar-refractivity contribution in [1.82, 2.24) is 0 Å². The Hall–Kier alpha value is -0.120. The molecule has 0 radical (unpaired) electrons. The SMILES string of the molecule is COCCCC1(O)CCC(N)CC1. The third-order valence-corrected chi connectivity index (χ3v) is 2.95. The molecule has 13 heavy (non-hydrogen) atoms. The minimum absolute atomic E-state index is 0.308. The molecular weight excluding hydrogens is 166 g/mol. The van der Waals surface area contributed by atoms with E-state index in [0.29, 0.717) is 6.04 Å². The first kappa shape index (κ1) is 11.0. The van der Waals surface area contributed by atoms with Crippen LogP contribution in [0.1, 0.15) is 38.5 Å². The average Bonchev–Trinajstić information content (AvgIpc) is 2.12. The molecule has 0 aromatic rings. The van der Waals surface area contributed by atoms with E-state index in [1.165, 1.54) is 0 Å². The van der Waals surface area contributed by atoms with Gasteiger partial charge in [0.25, 0.3) is 0 Å². The lowest BCUT2D eigenvalue weighted by molar-refractivity contribution is -0.0140. The zero-order valence-corrected chi connectivity index (χ0v) is 8.46. The molecule has 0 unspecified atom stereocenters. The van der Waals surface area contributed by atoms with Crippen LogP contribution in [0.4, 0.5) is 0 Å². The van der Waals surface area contributed by atoms with Gasteiger partial charge in [0.2, 0.25) is 0 Å². The first-order valence-corrected chi connectivity index (χ1v) is 5.13. The molecule has 1 saturated carbocycles. The van der Waals surface area contributed by atoms with Crippen molar-refractivity contribution in [3.63, 3.8) is 0 Å². The van der Waals surface area contributed by atoms with Crippen LogP contribution in [0.5, 0.6) is 0 Å². The van der Waals surface area contributed by atoms with E-state index in [9.17, 15) is 5.11 Å². The van der Waals surface area contributed by atoms with Crippen LogP contribution in [-0.2, 0) is 4.74 Å². The van der Waals surface area contributed by atoms with Crippen molar-refractivity contribution < 1.29 is 9.84 Å². The van der Waals surface area contributed by atoms with Crippen molar-refractivity contribution in [2.45, 2.75) is 50.2 Å². The number of aliphatic hydroxyl groups is 1. The Morgan fingerprint density at radius 1 is 1.46 bits per heavy atom. The topological polar surface area (TPSA) is 55.5 Å². The Kier molecular flexibility index (Phi) is 4.16. The van der Waals surface area contributed by atoms with E-state index in [2.05, 4.69) is 0 Å². The number of methoxy groups -OCH3 is 1. The van der Waals surface area contributed by atoms with Gasteiger partial charge in [-0.2, -0.15) is 0 Å². The summed E-state index contributed by atoms with van der Waals surface area (Å²) in [5.74, 6) is 0. The van der Waals surface area contributed by atoms with Crippen LogP contribution in [-0.4, -0.2) is 30.5 Å². The van der Waals surface area contributed by atoms with E-state index in [-0.39, 0.29) is 0 Å². The van der Waals surface area contributed by atoms with Gasteiger partial charge in [-0.25, -0.2) is 0 Å². The largest absolute Gasteiger partial charge is 0.390 e. The predicted octanol–water partition coefficient (Wildman–Crippen LogP) is 1.05. The zero-order chi connectivity index (χ0) is 9.73. The summed E-state index contributed by atoms with van der Waals surface area (Å²) in [6, 6.07) is 0.308. The van der Waals surface area contributed by atoms with Crippen LogP contribution < -0.4 is 5.73 Å². The molecule has 1 aliphatic carbocycles. The van der Waals surface area contributed by atoms with Gasteiger partial charge in [0, 0.05) is 19.8 Å². The number of nitrogens with two attached hydrogens (primary N) is 1. The van der Waals surface area contributed by atoms with Gasteiger partial charge in [0.1, 0.15) is 0 Å². The minimum Gasteiger partial charge on any atom is -0.390 e. The summed E-state index contributed by atoms with van der Waals surface area (Å²) in [6.07, 6.45) is 5.44. The fraction of sp³-hybridized carbons (Fsp3) is 1.00. The van der Waals surface area contributed by atoms with Crippen LogP contribution in [0.3, 0.4) is 0 Å². The Morgan fingerprint density at radius 2 is 2.08 bits per heavy atom. The van der Waals surface area contributed by atoms with Crippen molar-refractivity contribution in [2.24, 2.45) is 5.73 Å². The second-order valence-corrected chi connectivity index (χ2v) is 4.16. The van der Waals surface area contributed by atoms with E-state index < -0.39 is 5.60 Å². The Labute approximate surface area is 80.3 Å². The Morgan fingerprint density at radius 3 is 2.62 bits per heavy atom. The zero-order valence-electron chi connectivity index (χ0n) is 8.46. The van der Waals surface area contributed by atoms with Gasteiger partial charge in [-0.05, 0) is 38.5 Å². The van der Waals surface area contributed by atoms with Gasteiger partial charge in [0.05, 0.1) is 5.60 Å². The summed E-state index contributed by atoms with van der Waals surface area (Å²) in [5.41, 5.74) is 5.32. The molecule has 0 heterocycles. The van der Waals surface area contributed by atoms with Crippen LogP contribution >= 0.6 is 0 Å². The lowest BCUT2D eigenvalue weighted by atomic mass is 9.80. The smallest absolute Gasteiger partial charge is 0.0649 e. The number of rotatable bonds is 4. The quantitative estimate of drug-likeness (QED) is 0.647. The van der Waals surface area contributed by atoms with Gasteiger partial charge < -0.3 is 15.6 Å². The van der Waals surface area contributed by atoms with E-state index in [1.54, 1.807) is 7.11 Å². The molecule has 1 aliphatic rings. The highest BCUT2D eigenvalue weighted by Crippen LogP contribution is 2.31. The normalized spacial score (nSPS) is 34.8. The monoisotopic (exact) mass is 187 g/mol. The number of ether oxygens (including phenoxy) is 1. The predicted molar refractivity (Wildman–Crippen MR) is 52.5 cm³/mol. The fourth-order valence-electron chi connectivity index (χ4n) is 1.97. The molecule has 1 rings (SSSR count).